The average molecular weight is 460 g/mol. The van der Waals surface area contributed by atoms with E-state index in [9.17, 15) is 4.79 Å². The maximum absolute atomic E-state index is 12.9. The first-order valence-corrected chi connectivity index (χ1v) is 13.2. The smallest absolute Gasteiger partial charge is 0.319 e. The third kappa shape index (κ3) is 8.41. The Balaban J connectivity index is 2.14. The van der Waals surface area contributed by atoms with Gasteiger partial charge in [-0.1, -0.05) is 63.9 Å². The van der Waals surface area contributed by atoms with Gasteiger partial charge in [0.05, 0.1) is 5.69 Å². The van der Waals surface area contributed by atoms with Crippen LogP contribution in [-0.4, -0.2) is 29.1 Å². The summed E-state index contributed by atoms with van der Waals surface area (Å²) in [6, 6.07) is 10.5. The number of pyridine rings is 1. The quantitative estimate of drug-likeness (QED) is 0.347. The van der Waals surface area contributed by atoms with Crippen molar-refractivity contribution in [2.75, 3.05) is 23.4 Å². The first kappa shape index (κ1) is 25.6. The summed E-state index contributed by atoms with van der Waals surface area (Å²) in [6.45, 7) is 13.5. The van der Waals surface area contributed by atoms with E-state index in [4.69, 9.17) is 0 Å². The molecule has 6 heteroatoms. The first-order valence-electron chi connectivity index (χ1n) is 11.2. The van der Waals surface area contributed by atoms with Crippen LogP contribution in [0.25, 0.3) is 0 Å². The zero-order valence-corrected chi connectivity index (χ0v) is 21.4. The number of thioether (sulfide) groups is 2. The molecule has 31 heavy (non-hydrogen) atoms. The molecule has 2 amide bonds. The van der Waals surface area contributed by atoms with Crippen LogP contribution in [0.5, 0.6) is 0 Å². The van der Waals surface area contributed by atoms with Crippen LogP contribution in [0.3, 0.4) is 0 Å². The normalized spacial score (nSPS) is 12.1. The Morgan fingerprint density at radius 2 is 1.81 bits per heavy atom. The number of nitrogens with zero attached hydrogens (tertiary/aromatic N) is 1. The van der Waals surface area contributed by atoms with Gasteiger partial charge in [0.1, 0.15) is 5.03 Å². The number of anilines is 1. The summed E-state index contributed by atoms with van der Waals surface area (Å²) < 4.78 is 0. The molecule has 1 atom stereocenters. The van der Waals surface area contributed by atoms with Gasteiger partial charge in [0.2, 0.25) is 0 Å². The minimum Gasteiger partial charge on any atom is -0.337 e. The highest BCUT2D eigenvalue weighted by Gasteiger charge is 2.17. The fourth-order valence-electron chi connectivity index (χ4n) is 3.46. The number of aryl methyl sites for hydroxylation is 2. The summed E-state index contributed by atoms with van der Waals surface area (Å²) in [7, 11) is 0. The van der Waals surface area contributed by atoms with Crippen LogP contribution >= 0.6 is 23.5 Å². The maximum Gasteiger partial charge on any atom is 0.319 e. The summed E-state index contributed by atoms with van der Waals surface area (Å²) in [5.41, 5.74) is 4.36. The van der Waals surface area contributed by atoms with E-state index in [1.54, 1.807) is 23.5 Å². The molecule has 2 N–H and O–H groups in total. The van der Waals surface area contributed by atoms with Gasteiger partial charge in [0.25, 0.3) is 0 Å². The van der Waals surface area contributed by atoms with Crippen LogP contribution in [0.2, 0.25) is 0 Å². The van der Waals surface area contributed by atoms with Gasteiger partial charge in [-0.05, 0) is 49.3 Å². The summed E-state index contributed by atoms with van der Waals surface area (Å²) in [5.74, 6) is 2.80. The molecule has 0 aliphatic heterocycles. The maximum atomic E-state index is 12.9. The molecule has 170 valence electrons. The van der Waals surface area contributed by atoms with Gasteiger partial charge < -0.3 is 10.6 Å². The number of nitrogens with one attached hydrogen (secondary N) is 2. The zero-order chi connectivity index (χ0) is 22.8. The van der Waals surface area contributed by atoms with Gasteiger partial charge in [0.15, 0.2) is 0 Å². The van der Waals surface area contributed by atoms with E-state index in [-0.39, 0.29) is 6.03 Å². The van der Waals surface area contributed by atoms with Crippen LogP contribution < -0.4 is 10.6 Å². The van der Waals surface area contributed by atoms with Gasteiger partial charge in [-0.2, -0.15) is 0 Å². The van der Waals surface area contributed by atoms with Gasteiger partial charge in [-0.3, -0.25) is 0 Å². The monoisotopic (exact) mass is 459 g/mol. The fourth-order valence-corrected chi connectivity index (χ4v) is 5.17. The molecule has 2 aromatic rings. The second-order valence-electron chi connectivity index (χ2n) is 8.23. The van der Waals surface area contributed by atoms with Crippen molar-refractivity contribution in [3.05, 3.63) is 47.2 Å². The summed E-state index contributed by atoms with van der Waals surface area (Å²) in [5, 5.41) is 7.13. The number of urea groups is 1. The van der Waals surface area contributed by atoms with Crippen LogP contribution in [0.1, 0.15) is 63.3 Å². The summed E-state index contributed by atoms with van der Waals surface area (Å²) >= 11 is 3.40. The van der Waals surface area contributed by atoms with E-state index in [2.05, 4.69) is 80.6 Å². The number of benzene rings is 1. The van der Waals surface area contributed by atoms with E-state index in [1.165, 1.54) is 11.1 Å². The van der Waals surface area contributed by atoms with Crippen LogP contribution in [0.4, 0.5) is 10.5 Å². The Bertz CT molecular complexity index is 827. The van der Waals surface area contributed by atoms with Gasteiger partial charge in [0, 0.05) is 23.1 Å². The Morgan fingerprint density at radius 1 is 1.06 bits per heavy atom. The van der Waals surface area contributed by atoms with Gasteiger partial charge in [-0.15, -0.1) is 23.5 Å². The van der Waals surface area contributed by atoms with E-state index in [0.717, 1.165) is 45.7 Å². The highest BCUT2D eigenvalue weighted by molar-refractivity contribution is 8.00. The first-order chi connectivity index (χ1) is 14.8. The molecule has 4 nitrogen and oxygen atoms in total. The molecule has 1 aromatic heterocycles. The fraction of sp³-hybridized carbons (Fsp3) is 0.520. The molecule has 0 radical (unpaired) electrons. The minimum atomic E-state index is -0.163. The van der Waals surface area contributed by atoms with Crippen molar-refractivity contribution in [2.24, 2.45) is 5.92 Å². The standard InChI is InChI=1S/C25H37N3OS2/c1-7-30-22-15-19(6)27-24(31-8-2)23(22)28-25(29)26-16-21(13-12-17(3)4)20-11-9-10-18(5)14-20/h9-11,14-15,17,21H,7-8,12-13,16H2,1-6H3,(H2,26,28,29). The molecule has 0 fully saturated rings. The van der Waals surface area contributed by atoms with Crippen LogP contribution in [0.15, 0.2) is 40.3 Å². The van der Waals surface area contributed by atoms with Crippen LogP contribution in [-0.2, 0) is 0 Å². The molecule has 0 saturated heterocycles. The lowest BCUT2D eigenvalue weighted by Gasteiger charge is -2.21. The number of carbonyl (C=O) groups is 1. The Labute approximate surface area is 196 Å². The molecule has 0 saturated carbocycles. The van der Waals surface area contributed by atoms with Crippen molar-refractivity contribution >= 4 is 35.2 Å². The lowest BCUT2D eigenvalue weighted by molar-refractivity contribution is 0.251. The number of hydrogen-bond acceptors (Lipinski definition) is 4. The molecule has 0 bridgehead atoms. The third-order valence-corrected chi connectivity index (χ3v) is 6.79. The molecule has 1 heterocycles. The Morgan fingerprint density at radius 3 is 2.45 bits per heavy atom. The number of rotatable bonds is 11. The molecule has 0 aliphatic rings. The van der Waals surface area contributed by atoms with Crippen LogP contribution in [0, 0.1) is 19.8 Å². The van der Waals surface area contributed by atoms with Crippen molar-refractivity contribution in [3.8, 4) is 0 Å². The number of hydrogen-bond donors (Lipinski definition) is 2. The largest absolute Gasteiger partial charge is 0.337 e. The molecular formula is C25H37N3OS2. The summed E-state index contributed by atoms with van der Waals surface area (Å²) in [6.07, 6.45) is 2.19. The SMILES string of the molecule is CCSc1cc(C)nc(SCC)c1NC(=O)NCC(CCC(C)C)c1cccc(C)c1. The van der Waals surface area contributed by atoms with E-state index >= 15 is 0 Å². The highest BCUT2D eigenvalue weighted by Crippen LogP contribution is 2.35. The predicted octanol–water partition coefficient (Wildman–Crippen LogP) is 7.26. The molecule has 1 aromatic carbocycles. The average Bonchev–Trinajstić information content (AvgIpc) is 2.70. The second-order valence-corrected chi connectivity index (χ2v) is 10.8. The van der Waals surface area contributed by atoms with Crippen molar-refractivity contribution in [2.45, 2.75) is 70.2 Å². The topological polar surface area (TPSA) is 54.0 Å². The molecule has 0 aliphatic carbocycles. The van der Waals surface area contributed by atoms with Crippen molar-refractivity contribution in [1.82, 2.24) is 10.3 Å². The van der Waals surface area contributed by atoms with E-state index in [0.29, 0.717) is 18.4 Å². The number of aromatic nitrogens is 1. The molecular weight excluding hydrogens is 422 g/mol. The second kappa shape index (κ2) is 13.0. The van der Waals surface area contributed by atoms with Crippen molar-refractivity contribution in [1.29, 1.82) is 0 Å². The van der Waals surface area contributed by atoms with Gasteiger partial charge in [-0.25, -0.2) is 9.78 Å². The lowest BCUT2D eigenvalue weighted by atomic mass is 9.90. The predicted molar refractivity (Wildman–Crippen MR) is 137 cm³/mol. The van der Waals surface area contributed by atoms with E-state index < -0.39 is 0 Å². The zero-order valence-electron chi connectivity index (χ0n) is 19.7. The van der Waals surface area contributed by atoms with Crippen molar-refractivity contribution in [3.63, 3.8) is 0 Å². The molecule has 2 rings (SSSR count). The minimum absolute atomic E-state index is 0.163. The molecule has 1 unspecified atom stereocenters. The number of carbonyl (C=O) groups excluding carboxylic acids is 1. The lowest BCUT2D eigenvalue weighted by Crippen LogP contribution is -2.33. The van der Waals surface area contributed by atoms with Gasteiger partial charge >= 0.3 is 6.03 Å². The highest BCUT2D eigenvalue weighted by atomic mass is 32.2. The third-order valence-electron chi connectivity index (χ3n) is 5.01. The van der Waals surface area contributed by atoms with E-state index in [1.807, 2.05) is 6.92 Å². The Hall–Kier alpha value is -1.66. The summed E-state index contributed by atoms with van der Waals surface area (Å²) in [4.78, 5) is 18.6. The number of amides is 2. The molecule has 0 spiro atoms. The van der Waals surface area contributed by atoms with Crippen molar-refractivity contribution < 1.29 is 4.79 Å². The Kier molecular flexibility index (Phi) is 10.7.